The van der Waals surface area contributed by atoms with Crippen LogP contribution in [0, 0.1) is 11.3 Å². The fourth-order valence-electron chi connectivity index (χ4n) is 1.76. The van der Waals surface area contributed by atoms with Gasteiger partial charge in [-0.3, -0.25) is 0 Å². The summed E-state index contributed by atoms with van der Waals surface area (Å²) in [5.41, 5.74) is -2.09. The highest BCUT2D eigenvalue weighted by Gasteiger charge is 2.38. The molecule has 1 heterocycles. The average Bonchev–Trinajstić information content (AvgIpc) is 2.86. The van der Waals surface area contributed by atoms with Gasteiger partial charge in [-0.15, -0.1) is 11.3 Å². The molecule has 0 bridgehead atoms. The lowest BCUT2D eigenvalue weighted by molar-refractivity contribution is 0.0430. The Bertz CT molecular complexity index is 721. The molecule has 0 saturated heterocycles. The SMILES string of the molecule is COC(=O)c1scc(C#N)c1N(C(=O)OC(C)(C)C)C(=O)OC(C)(C)C. The topological polar surface area (TPSA) is 106 Å². The Balaban J connectivity index is 3.53. The molecule has 1 aromatic rings. The van der Waals surface area contributed by atoms with E-state index in [-0.39, 0.29) is 16.1 Å². The van der Waals surface area contributed by atoms with Crippen molar-refractivity contribution in [3.8, 4) is 6.07 Å². The number of ether oxygens (including phenoxy) is 3. The van der Waals surface area contributed by atoms with E-state index >= 15 is 0 Å². The van der Waals surface area contributed by atoms with Gasteiger partial charge in [0.05, 0.1) is 12.7 Å². The molecule has 26 heavy (non-hydrogen) atoms. The van der Waals surface area contributed by atoms with Gasteiger partial charge in [-0.1, -0.05) is 0 Å². The number of thiophene rings is 1. The number of hydrogen-bond acceptors (Lipinski definition) is 8. The number of methoxy groups -OCH3 is 1. The van der Waals surface area contributed by atoms with Crippen LogP contribution in [0.4, 0.5) is 15.3 Å². The summed E-state index contributed by atoms with van der Waals surface area (Å²) < 4.78 is 15.2. The van der Waals surface area contributed by atoms with Crippen LogP contribution in [0.25, 0.3) is 0 Å². The van der Waals surface area contributed by atoms with Gasteiger partial charge in [-0.05, 0) is 41.5 Å². The van der Waals surface area contributed by atoms with Gasteiger partial charge in [-0.25, -0.2) is 14.4 Å². The number of esters is 1. The van der Waals surface area contributed by atoms with Crippen molar-refractivity contribution in [2.75, 3.05) is 12.0 Å². The number of anilines is 1. The number of amides is 2. The number of nitrogens with zero attached hydrogens (tertiary/aromatic N) is 2. The fraction of sp³-hybridized carbons (Fsp3) is 0.529. The Hall–Kier alpha value is -2.60. The van der Waals surface area contributed by atoms with Crippen LogP contribution in [0.5, 0.6) is 0 Å². The van der Waals surface area contributed by atoms with Gasteiger partial charge >= 0.3 is 18.2 Å². The number of carbonyl (C=O) groups is 3. The maximum Gasteiger partial charge on any atom is 0.424 e. The van der Waals surface area contributed by atoms with Gasteiger partial charge in [0.2, 0.25) is 0 Å². The molecule has 0 unspecified atom stereocenters. The Morgan fingerprint density at radius 2 is 1.50 bits per heavy atom. The van der Waals surface area contributed by atoms with Crippen LogP contribution in [-0.2, 0) is 14.2 Å². The van der Waals surface area contributed by atoms with Crippen molar-refractivity contribution in [1.82, 2.24) is 0 Å². The van der Waals surface area contributed by atoms with Gasteiger partial charge in [0.25, 0.3) is 0 Å². The van der Waals surface area contributed by atoms with Crippen molar-refractivity contribution in [2.45, 2.75) is 52.7 Å². The molecule has 2 amide bonds. The molecule has 0 fully saturated rings. The summed E-state index contributed by atoms with van der Waals surface area (Å²) in [6, 6.07) is 1.86. The predicted octanol–water partition coefficient (Wildman–Crippen LogP) is 4.08. The third-order valence-corrected chi connectivity index (χ3v) is 3.58. The fourth-order valence-corrected chi connectivity index (χ4v) is 2.66. The standard InChI is InChI=1S/C17H22N2O6S/c1-16(2,3)24-14(21)19(15(22)25-17(4,5)6)11-10(8-18)9-26-12(11)13(20)23-7/h9H,1-7H3. The van der Waals surface area contributed by atoms with Crippen molar-refractivity contribution >= 4 is 35.2 Å². The summed E-state index contributed by atoms with van der Waals surface area (Å²) in [6.07, 6.45) is -2.13. The first kappa shape index (κ1) is 21.4. The molecular weight excluding hydrogens is 360 g/mol. The number of imide groups is 1. The monoisotopic (exact) mass is 382 g/mol. The third-order valence-electron chi connectivity index (χ3n) is 2.63. The van der Waals surface area contributed by atoms with Crippen LogP contribution in [0.15, 0.2) is 5.38 Å². The Kier molecular flexibility index (Phi) is 6.39. The lowest BCUT2D eigenvalue weighted by Gasteiger charge is -2.28. The molecule has 9 heteroatoms. The minimum Gasteiger partial charge on any atom is -0.465 e. The minimum atomic E-state index is -1.06. The molecule has 1 aromatic heterocycles. The first-order valence-corrected chi connectivity index (χ1v) is 8.54. The van der Waals surface area contributed by atoms with Gasteiger partial charge in [-0.2, -0.15) is 10.2 Å². The molecule has 0 atom stereocenters. The van der Waals surface area contributed by atoms with Gasteiger partial charge in [0.1, 0.15) is 27.8 Å². The Morgan fingerprint density at radius 3 is 1.85 bits per heavy atom. The van der Waals surface area contributed by atoms with E-state index in [0.717, 1.165) is 18.4 Å². The molecule has 0 aliphatic rings. The number of nitriles is 1. The van der Waals surface area contributed by atoms with Crippen molar-refractivity contribution in [3.63, 3.8) is 0 Å². The first-order chi connectivity index (χ1) is 11.8. The summed E-state index contributed by atoms with van der Waals surface area (Å²) in [7, 11) is 1.16. The summed E-state index contributed by atoms with van der Waals surface area (Å²) in [4.78, 5) is 37.8. The summed E-state index contributed by atoms with van der Waals surface area (Å²) in [6.45, 7) is 9.74. The van der Waals surface area contributed by atoms with E-state index in [1.165, 1.54) is 5.38 Å². The van der Waals surface area contributed by atoms with E-state index < -0.39 is 29.4 Å². The van der Waals surface area contributed by atoms with Crippen molar-refractivity contribution < 1.29 is 28.6 Å². The maximum atomic E-state index is 12.7. The average molecular weight is 382 g/mol. The second-order valence-corrected chi connectivity index (χ2v) is 8.11. The maximum absolute atomic E-state index is 12.7. The molecule has 0 aliphatic carbocycles. The van der Waals surface area contributed by atoms with Gasteiger partial charge < -0.3 is 14.2 Å². The lowest BCUT2D eigenvalue weighted by atomic mass is 10.2. The molecule has 8 nitrogen and oxygen atoms in total. The van der Waals surface area contributed by atoms with E-state index in [1.807, 2.05) is 6.07 Å². The second kappa shape index (κ2) is 7.74. The highest BCUT2D eigenvalue weighted by atomic mass is 32.1. The molecule has 142 valence electrons. The van der Waals surface area contributed by atoms with Crippen LogP contribution in [0.3, 0.4) is 0 Å². The van der Waals surface area contributed by atoms with Crippen molar-refractivity contribution in [2.24, 2.45) is 0 Å². The number of hydrogen-bond donors (Lipinski definition) is 0. The molecule has 0 radical (unpaired) electrons. The van der Waals surface area contributed by atoms with E-state index in [1.54, 1.807) is 41.5 Å². The van der Waals surface area contributed by atoms with Gasteiger partial charge in [0, 0.05) is 5.38 Å². The van der Waals surface area contributed by atoms with Crippen molar-refractivity contribution in [1.29, 1.82) is 5.26 Å². The normalized spacial score (nSPS) is 11.3. The predicted molar refractivity (Wildman–Crippen MR) is 95.3 cm³/mol. The Morgan fingerprint density at radius 1 is 1.04 bits per heavy atom. The summed E-state index contributed by atoms with van der Waals surface area (Å²) in [5, 5.41) is 10.7. The minimum absolute atomic E-state index is 0.0490. The van der Waals surface area contributed by atoms with E-state index in [4.69, 9.17) is 9.47 Å². The molecule has 0 aliphatic heterocycles. The molecule has 0 N–H and O–H groups in total. The highest BCUT2D eigenvalue weighted by Crippen LogP contribution is 2.34. The van der Waals surface area contributed by atoms with E-state index in [0.29, 0.717) is 4.90 Å². The zero-order valence-corrected chi connectivity index (χ0v) is 16.6. The number of carbonyl (C=O) groups excluding carboxylic acids is 3. The van der Waals surface area contributed by atoms with Crippen LogP contribution >= 0.6 is 11.3 Å². The van der Waals surface area contributed by atoms with Crippen molar-refractivity contribution in [3.05, 3.63) is 15.8 Å². The second-order valence-electron chi connectivity index (χ2n) is 7.23. The summed E-state index contributed by atoms with van der Waals surface area (Å²) >= 11 is 0.878. The molecule has 1 rings (SSSR count). The zero-order valence-electron chi connectivity index (χ0n) is 15.8. The molecule has 0 spiro atoms. The van der Waals surface area contributed by atoms with Crippen LogP contribution in [-0.4, -0.2) is 36.5 Å². The summed E-state index contributed by atoms with van der Waals surface area (Å²) in [5.74, 6) is -0.788. The quantitative estimate of drug-likeness (QED) is 0.560. The van der Waals surface area contributed by atoms with E-state index in [9.17, 15) is 19.6 Å². The van der Waals surface area contributed by atoms with Gasteiger partial charge in [0.15, 0.2) is 0 Å². The first-order valence-electron chi connectivity index (χ1n) is 7.66. The number of rotatable bonds is 2. The van der Waals surface area contributed by atoms with Crippen LogP contribution in [0.1, 0.15) is 56.8 Å². The third kappa shape index (κ3) is 5.46. The highest BCUT2D eigenvalue weighted by molar-refractivity contribution is 7.13. The largest absolute Gasteiger partial charge is 0.465 e. The zero-order chi connectivity index (χ0) is 20.3. The molecular formula is C17H22N2O6S. The molecule has 0 saturated carbocycles. The van der Waals surface area contributed by atoms with Crippen LogP contribution in [0.2, 0.25) is 0 Å². The van der Waals surface area contributed by atoms with E-state index in [2.05, 4.69) is 4.74 Å². The lowest BCUT2D eigenvalue weighted by Crippen LogP contribution is -2.44. The Labute approximate surface area is 156 Å². The molecule has 0 aromatic carbocycles. The smallest absolute Gasteiger partial charge is 0.424 e. The van der Waals surface area contributed by atoms with Crippen LogP contribution < -0.4 is 4.90 Å².